The molecular weight excluding hydrogens is 550 g/mol. The lowest BCUT2D eigenvalue weighted by atomic mass is 10.2. The number of halogens is 2. The van der Waals surface area contributed by atoms with Crippen molar-refractivity contribution in [2.45, 2.75) is 0 Å². The molecule has 0 aliphatic rings. The number of furan rings is 1. The first-order chi connectivity index (χ1) is 17.4. The molecule has 0 aliphatic heterocycles. The highest BCUT2D eigenvalue weighted by atomic mass is 79.9. The highest BCUT2D eigenvalue weighted by Crippen LogP contribution is 2.29. The van der Waals surface area contributed by atoms with E-state index in [1.165, 1.54) is 18.0 Å². The van der Waals surface area contributed by atoms with E-state index in [9.17, 15) is 9.59 Å². The molecule has 0 amide bonds. The van der Waals surface area contributed by atoms with Gasteiger partial charge in [0, 0.05) is 10.4 Å². The summed E-state index contributed by atoms with van der Waals surface area (Å²) >= 11 is 9.54. The Morgan fingerprint density at radius 1 is 1.17 bits per heavy atom. The van der Waals surface area contributed by atoms with Gasteiger partial charge >= 0.3 is 5.97 Å². The van der Waals surface area contributed by atoms with Crippen molar-refractivity contribution in [1.29, 1.82) is 0 Å². The van der Waals surface area contributed by atoms with Crippen molar-refractivity contribution in [3.05, 3.63) is 92.1 Å². The van der Waals surface area contributed by atoms with Gasteiger partial charge in [0.1, 0.15) is 11.3 Å². The number of aromatic nitrogens is 2. The molecular formula is C26H17BrClN3O5. The van der Waals surface area contributed by atoms with Gasteiger partial charge in [0.25, 0.3) is 5.56 Å². The molecule has 0 aliphatic carbocycles. The second-order valence-corrected chi connectivity index (χ2v) is 8.95. The van der Waals surface area contributed by atoms with Gasteiger partial charge in [0.15, 0.2) is 12.4 Å². The highest BCUT2D eigenvalue weighted by Gasteiger charge is 2.16. The highest BCUT2D eigenvalue weighted by molar-refractivity contribution is 9.10. The van der Waals surface area contributed by atoms with Crippen LogP contribution in [0.4, 0.5) is 0 Å². The second kappa shape index (κ2) is 9.96. The number of fused-ring (bicyclic) bond motifs is 2. The van der Waals surface area contributed by atoms with Crippen LogP contribution in [0.25, 0.3) is 33.5 Å². The number of rotatable bonds is 6. The van der Waals surface area contributed by atoms with E-state index in [2.05, 4.69) is 30.8 Å². The molecule has 0 saturated heterocycles. The maximum absolute atomic E-state index is 13.4. The first-order valence-corrected chi connectivity index (χ1v) is 11.8. The van der Waals surface area contributed by atoms with Gasteiger partial charge in [-0.25, -0.2) is 9.78 Å². The average molecular weight is 567 g/mol. The number of benzene rings is 3. The van der Waals surface area contributed by atoms with E-state index >= 15 is 0 Å². The quantitative estimate of drug-likeness (QED) is 0.194. The Morgan fingerprint density at radius 3 is 2.81 bits per heavy atom. The predicted octanol–water partition coefficient (Wildman–Crippen LogP) is 5.66. The fourth-order valence-electron chi connectivity index (χ4n) is 3.55. The van der Waals surface area contributed by atoms with Crippen molar-refractivity contribution >= 4 is 61.6 Å². The third kappa shape index (κ3) is 4.75. The Hall–Kier alpha value is -3.95. The van der Waals surface area contributed by atoms with Gasteiger partial charge in [0.05, 0.1) is 28.7 Å². The van der Waals surface area contributed by atoms with E-state index in [1.54, 1.807) is 60.7 Å². The lowest BCUT2D eigenvalue weighted by Gasteiger charge is -2.08. The van der Waals surface area contributed by atoms with Crippen LogP contribution in [0.5, 0.6) is 5.75 Å². The minimum atomic E-state index is -0.490. The molecule has 0 bridgehead atoms. The van der Waals surface area contributed by atoms with Gasteiger partial charge in [-0.1, -0.05) is 23.7 Å². The number of methoxy groups -OCH3 is 1. The van der Waals surface area contributed by atoms with Crippen LogP contribution in [0.2, 0.25) is 5.02 Å². The van der Waals surface area contributed by atoms with E-state index in [4.69, 9.17) is 20.8 Å². The lowest BCUT2D eigenvalue weighted by molar-refractivity contribution is -0.142. The molecule has 0 radical (unpaired) electrons. The molecule has 10 heteroatoms. The predicted molar refractivity (Wildman–Crippen MR) is 141 cm³/mol. The summed E-state index contributed by atoms with van der Waals surface area (Å²) in [5.74, 6) is 0.596. The zero-order chi connectivity index (χ0) is 25.2. The summed E-state index contributed by atoms with van der Waals surface area (Å²) in [5.41, 5.74) is 1.47. The first kappa shape index (κ1) is 23.8. The van der Waals surface area contributed by atoms with Crippen molar-refractivity contribution in [2.24, 2.45) is 5.10 Å². The van der Waals surface area contributed by atoms with Crippen molar-refractivity contribution in [1.82, 2.24) is 9.66 Å². The van der Waals surface area contributed by atoms with E-state index in [1.807, 2.05) is 6.07 Å². The summed E-state index contributed by atoms with van der Waals surface area (Å²) in [7, 11) is 1.29. The normalized spacial score (nSPS) is 11.4. The molecule has 0 N–H and O–H groups in total. The second-order valence-electron chi connectivity index (χ2n) is 7.66. The largest absolute Gasteiger partial charge is 0.481 e. The molecule has 0 spiro atoms. The number of nitrogens with zero attached hydrogens (tertiary/aromatic N) is 3. The number of hydrogen-bond acceptors (Lipinski definition) is 7. The number of para-hydroxylation sites is 1. The van der Waals surface area contributed by atoms with Crippen LogP contribution in [0.3, 0.4) is 0 Å². The third-order valence-electron chi connectivity index (χ3n) is 5.30. The van der Waals surface area contributed by atoms with Crippen LogP contribution in [0, 0.1) is 0 Å². The minimum absolute atomic E-state index is 0.216. The van der Waals surface area contributed by atoms with Crippen LogP contribution >= 0.6 is 27.5 Å². The molecule has 2 aromatic heterocycles. The summed E-state index contributed by atoms with van der Waals surface area (Å²) in [5, 5.41) is 6.22. The molecule has 0 unspecified atom stereocenters. The maximum atomic E-state index is 13.4. The standard InChI is InChI=1S/C26H17BrClN3O5/c1-34-24(32)14-35-22-8-6-15(10-19(22)27)13-29-31-25(30-20-5-3-2-4-18(20)26(31)33)23-12-16-11-17(28)7-9-21(16)36-23/h2-13H,14H2,1H3. The summed E-state index contributed by atoms with van der Waals surface area (Å²) in [6, 6.07) is 19.2. The Labute approximate surface area is 217 Å². The number of carbonyl (C=O) groups is 1. The molecule has 0 fully saturated rings. The number of hydrogen-bond donors (Lipinski definition) is 0. The summed E-state index contributed by atoms with van der Waals surface area (Å²) in [6.07, 6.45) is 1.52. The maximum Gasteiger partial charge on any atom is 0.343 e. The monoisotopic (exact) mass is 565 g/mol. The molecule has 5 aromatic rings. The van der Waals surface area contributed by atoms with Crippen molar-refractivity contribution < 1.29 is 18.7 Å². The van der Waals surface area contributed by atoms with E-state index in [-0.39, 0.29) is 18.0 Å². The Balaban J connectivity index is 1.57. The van der Waals surface area contributed by atoms with Crippen LogP contribution in [-0.4, -0.2) is 35.6 Å². The van der Waals surface area contributed by atoms with Crippen molar-refractivity contribution in [3.63, 3.8) is 0 Å². The first-order valence-electron chi connectivity index (χ1n) is 10.7. The van der Waals surface area contributed by atoms with E-state index in [0.29, 0.717) is 43.1 Å². The molecule has 8 nitrogen and oxygen atoms in total. The van der Waals surface area contributed by atoms with E-state index in [0.717, 1.165) is 5.39 Å². The summed E-state index contributed by atoms with van der Waals surface area (Å²) in [4.78, 5) is 29.4. The molecule has 5 rings (SSSR count). The van der Waals surface area contributed by atoms with Gasteiger partial charge in [-0.05, 0) is 76.1 Å². The fraction of sp³-hybridized carbons (Fsp3) is 0.0769. The van der Waals surface area contributed by atoms with Crippen LogP contribution in [-0.2, 0) is 9.53 Å². The molecule has 36 heavy (non-hydrogen) atoms. The zero-order valence-corrected chi connectivity index (χ0v) is 21.1. The Morgan fingerprint density at radius 2 is 2.00 bits per heavy atom. The van der Waals surface area contributed by atoms with Crippen LogP contribution in [0.1, 0.15) is 5.56 Å². The van der Waals surface area contributed by atoms with Gasteiger partial charge in [-0.3, -0.25) is 4.79 Å². The summed E-state index contributed by atoms with van der Waals surface area (Å²) < 4.78 is 17.8. The minimum Gasteiger partial charge on any atom is -0.481 e. The average Bonchev–Trinajstić information content (AvgIpc) is 3.30. The van der Waals surface area contributed by atoms with E-state index < -0.39 is 5.97 Å². The summed E-state index contributed by atoms with van der Waals surface area (Å²) in [6.45, 7) is -0.216. The number of ether oxygens (including phenoxy) is 2. The Kier molecular flexibility index (Phi) is 6.58. The number of carbonyl (C=O) groups excluding carboxylic acids is 1. The number of esters is 1. The Bertz CT molecular complexity index is 1710. The molecule has 2 heterocycles. The van der Waals surface area contributed by atoms with Gasteiger partial charge in [0.2, 0.25) is 5.82 Å². The van der Waals surface area contributed by atoms with Crippen LogP contribution in [0.15, 0.2) is 85.5 Å². The van der Waals surface area contributed by atoms with Gasteiger partial charge < -0.3 is 13.9 Å². The topological polar surface area (TPSA) is 95.9 Å². The zero-order valence-electron chi connectivity index (χ0n) is 18.8. The molecule has 3 aromatic carbocycles. The SMILES string of the molecule is COC(=O)COc1ccc(C=Nn2c(-c3cc4cc(Cl)ccc4o3)nc3ccccc3c2=O)cc1Br. The van der Waals surface area contributed by atoms with Gasteiger partial charge in [-0.2, -0.15) is 9.78 Å². The molecule has 180 valence electrons. The van der Waals surface area contributed by atoms with Crippen molar-refractivity contribution in [2.75, 3.05) is 13.7 Å². The smallest absolute Gasteiger partial charge is 0.343 e. The van der Waals surface area contributed by atoms with Crippen molar-refractivity contribution in [3.8, 4) is 17.3 Å². The molecule has 0 saturated carbocycles. The third-order valence-corrected chi connectivity index (χ3v) is 6.16. The lowest BCUT2D eigenvalue weighted by Crippen LogP contribution is -2.20. The van der Waals surface area contributed by atoms with Crippen LogP contribution < -0.4 is 10.3 Å². The van der Waals surface area contributed by atoms with Gasteiger partial charge in [-0.15, -0.1) is 0 Å². The fourth-order valence-corrected chi connectivity index (χ4v) is 4.24. The molecule has 0 atom stereocenters.